The second-order valence-corrected chi connectivity index (χ2v) is 7.34. The lowest BCUT2D eigenvalue weighted by molar-refractivity contribution is -0.142. The molecule has 1 atom stereocenters. The molecule has 7 nitrogen and oxygen atoms in total. The van der Waals surface area contributed by atoms with Gasteiger partial charge in [-0.1, -0.05) is 64.2 Å². The summed E-state index contributed by atoms with van der Waals surface area (Å²) in [5.74, 6) is -2.07. The fourth-order valence-corrected chi connectivity index (χ4v) is 3.09. The van der Waals surface area contributed by atoms with Gasteiger partial charge in [-0.3, -0.25) is 9.59 Å². The summed E-state index contributed by atoms with van der Waals surface area (Å²) in [5, 5.41) is 20.0. The predicted octanol–water partition coefficient (Wildman–Crippen LogP) is 4.08. The SMILES string of the molecule is O=CCCC(NC(=O)CCCCCCCCCCCCCCC(=O)O)C(=O)O. The number of rotatable bonds is 20. The van der Waals surface area contributed by atoms with Gasteiger partial charge in [0.05, 0.1) is 0 Å². The molecule has 1 amide bonds. The fraction of sp³-hybridized carbons (Fsp3) is 0.810. The lowest BCUT2D eigenvalue weighted by atomic mass is 10.0. The van der Waals surface area contributed by atoms with E-state index in [0.29, 0.717) is 12.7 Å². The van der Waals surface area contributed by atoms with Gasteiger partial charge in [0.25, 0.3) is 0 Å². The Kier molecular flexibility index (Phi) is 17.2. The van der Waals surface area contributed by atoms with Crippen molar-refractivity contribution >= 4 is 24.1 Å². The van der Waals surface area contributed by atoms with Gasteiger partial charge in [0.15, 0.2) is 0 Å². The van der Waals surface area contributed by atoms with E-state index in [4.69, 9.17) is 10.2 Å². The lowest BCUT2D eigenvalue weighted by Crippen LogP contribution is -2.40. The molecule has 1 unspecified atom stereocenters. The average Bonchev–Trinajstić information content (AvgIpc) is 2.64. The third-order valence-corrected chi connectivity index (χ3v) is 4.75. The Labute approximate surface area is 168 Å². The van der Waals surface area contributed by atoms with Crippen molar-refractivity contribution in [2.24, 2.45) is 0 Å². The van der Waals surface area contributed by atoms with E-state index in [2.05, 4.69) is 5.32 Å². The van der Waals surface area contributed by atoms with E-state index in [9.17, 15) is 19.2 Å². The Bertz CT molecular complexity index is 452. The first kappa shape index (κ1) is 26.1. The van der Waals surface area contributed by atoms with Crippen molar-refractivity contribution in [2.45, 2.75) is 109 Å². The van der Waals surface area contributed by atoms with Crippen molar-refractivity contribution in [1.29, 1.82) is 0 Å². The number of amides is 1. The first-order chi connectivity index (χ1) is 13.5. The summed E-state index contributed by atoms with van der Waals surface area (Å²) < 4.78 is 0. The maximum absolute atomic E-state index is 11.8. The van der Waals surface area contributed by atoms with Crippen LogP contribution < -0.4 is 5.32 Å². The van der Waals surface area contributed by atoms with Gasteiger partial charge in [0.1, 0.15) is 12.3 Å². The van der Waals surface area contributed by atoms with E-state index in [1.165, 1.54) is 32.1 Å². The standard InChI is InChI=1S/C21H37NO6/c23-17-13-14-18(21(27)28)22-19(24)15-11-9-7-5-3-1-2-4-6-8-10-12-16-20(25)26/h17-18H,1-16H2,(H,22,24)(H,25,26)(H,27,28). The Hall–Kier alpha value is -1.92. The van der Waals surface area contributed by atoms with Crippen LogP contribution in [0.4, 0.5) is 0 Å². The summed E-state index contributed by atoms with van der Waals surface area (Å²) in [6.45, 7) is 0. The first-order valence-electron chi connectivity index (χ1n) is 10.6. The van der Waals surface area contributed by atoms with Crippen LogP contribution in [-0.2, 0) is 19.2 Å². The van der Waals surface area contributed by atoms with Gasteiger partial charge in [-0.2, -0.15) is 0 Å². The molecule has 162 valence electrons. The van der Waals surface area contributed by atoms with E-state index < -0.39 is 18.0 Å². The number of aldehydes is 1. The summed E-state index contributed by atoms with van der Waals surface area (Å²) in [5.41, 5.74) is 0. The molecule has 0 rings (SSSR count). The fourth-order valence-electron chi connectivity index (χ4n) is 3.09. The van der Waals surface area contributed by atoms with Crippen LogP contribution in [0.25, 0.3) is 0 Å². The van der Waals surface area contributed by atoms with E-state index in [-0.39, 0.29) is 25.2 Å². The molecule has 0 heterocycles. The monoisotopic (exact) mass is 399 g/mol. The molecule has 0 bridgehead atoms. The molecule has 0 saturated heterocycles. The molecule has 0 fully saturated rings. The van der Waals surface area contributed by atoms with E-state index in [0.717, 1.165) is 44.9 Å². The number of carbonyl (C=O) groups is 4. The lowest BCUT2D eigenvalue weighted by Gasteiger charge is -2.13. The van der Waals surface area contributed by atoms with Crippen molar-refractivity contribution < 1.29 is 29.4 Å². The van der Waals surface area contributed by atoms with Crippen LogP contribution in [0, 0.1) is 0 Å². The number of carboxylic acid groups (broad SMARTS) is 2. The average molecular weight is 400 g/mol. The van der Waals surface area contributed by atoms with Crippen LogP contribution in [0.3, 0.4) is 0 Å². The maximum Gasteiger partial charge on any atom is 0.326 e. The van der Waals surface area contributed by atoms with Crippen LogP contribution in [-0.4, -0.2) is 40.4 Å². The first-order valence-corrected chi connectivity index (χ1v) is 10.6. The normalized spacial score (nSPS) is 11.7. The second-order valence-electron chi connectivity index (χ2n) is 7.34. The summed E-state index contributed by atoms with van der Waals surface area (Å²) >= 11 is 0. The molecule has 0 aromatic carbocycles. The molecule has 0 radical (unpaired) electrons. The molecule has 7 heteroatoms. The minimum absolute atomic E-state index is 0.127. The molecule has 0 spiro atoms. The molecule has 0 aliphatic heterocycles. The van der Waals surface area contributed by atoms with Crippen molar-refractivity contribution in [3.63, 3.8) is 0 Å². The van der Waals surface area contributed by atoms with E-state index in [1.807, 2.05) is 0 Å². The summed E-state index contributed by atoms with van der Waals surface area (Å²) in [6.07, 6.45) is 14.4. The molecule has 0 saturated carbocycles. The van der Waals surface area contributed by atoms with Crippen LogP contribution >= 0.6 is 0 Å². The summed E-state index contributed by atoms with van der Waals surface area (Å²) in [7, 11) is 0. The highest BCUT2D eigenvalue weighted by molar-refractivity contribution is 5.83. The molecular weight excluding hydrogens is 362 g/mol. The summed E-state index contributed by atoms with van der Waals surface area (Å²) in [6, 6.07) is -0.977. The number of nitrogens with one attached hydrogen (secondary N) is 1. The largest absolute Gasteiger partial charge is 0.481 e. The van der Waals surface area contributed by atoms with Gasteiger partial charge in [0, 0.05) is 19.3 Å². The van der Waals surface area contributed by atoms with Crippen LogP contribution in [0.2, 0.25) is 0 Å². The predicted molar refractivity (Wildman–Crippen MR) is 107 cm³/mol. The molecular formula is C21H37NO6. The van der Waals surface area contributed by atoms with E-state index >= 15 is 0 Å². The zero-order chi connectivity index (χ0) is 21.0. The number of unbranched alkanes of at least 4 members (excludes halogenated alkanes) is 11. The summed E-state index contributed by atoms with van der Waals surface area (Å²) in [4.78, 5) is 43.5. The Morgan fingerprint density at radius 3 is 1.54 bits per heavy atom. The zero-order valence-electron chi connectivity index (χ0n) is 17.0. The van der Waals surface area contributed by atoms with Gasteiger partial charge >= 0.3 is 11.9 Å². The minimum Gasteiger partial charge on any atom is -0.481 e. The van der Waals surface area contributed by atoms with Gasteiger partial charge in [-0.25, -0.2) is 4.79 Å². The second kappa shape index (κ2) is 18.4. The van der Waals surface area contributed by atoms with E-state index in [1.54, 1.807) is 0 Å². The van der Waals surface area contributed by atoms with Crippen molar-refractivity contribution in [3.05, 3.63) is 0 Å². The maximum atomic E-state index is 11.8. The number of hydrogen-bond donors (Lipinski definition) is 3. The minimum atomic E-state index is -1.10. The number of hydrogen-bond acceptors (Lipinski definition) is 4. The van der Waals surface area contributed by atoms with Gasteiger partial charge in [0.2, 0.25) is 5.91 Å². The quantitative estimate of drug-likeness (QED) is 0.209. The van der Waals surface area contributed by atoms with Gasteiger partial charge in [-0.05, 0) is 19.3 Å². The van der Waals surface area contributed by atoms with Gasteiger partial charge < -0.3 is 20.3 Å². The van der Waals surface area contributed by atoms with Crippen molar-refractivity contribution in [2.75, 3.05) is 0 Å². The molecule has 3 N–H and O–H groups in total. The van der Waals surface area contributed by atoms with Crippen LogP contribution in [0.5, 0.6) is 0 Å². The Morgan fingerprint density at radius 2 is 1.14 bits per heavy atom. The highest BCUT2D eigenvalue weighted by Crippen LogP contribution is 2.13. The third-order valence-electron chi connectivity index (χ3n) is 4.75. The molecule has 28 heavy (non-hydrogen) atoms. The topological polar surface area (TPSA) is 121 Å². The Balaban J connectivity index is 3.42. The van der Waals surface area contributed by atoms with Crippen molar-refractivity contribution in [1.82, 2.24) is 5.32 Å². The molecule has 0 aliphatic carbocycles. The highest BCUT2D eigenvalue weighted by atomic mass is 16.4. The number of carboxylic acids is 2. The third kappa shape index (κ3) is 17.5. The molecule has 0 aliphatic rings. The zero-order valence-corrected chi connectivity index (χ0v) is 17.0. The molecule has 0 aromatic rings. The number of aliphatic carboxylic acids is 2. The van der Waals surface area contributed by atoms with Crippen molar-refractivity contribution in [3.8, 4) is 0 Å². The smallest absolute Gasteiger partial charge is 0.326 e. The Morgan fingerprint density at radius 1 is 0.714 bits per heavy atom. The van der Waals surface area contributed by atoms with Gasteiger partial charge in [-0.15, -0.1) is 0 Å². The molecule has 0 aromatic heterocycles. The van der Waals surface area contributed by atoms with Crippen LogP contribution in [0.15, 0.2) is 0 Å². The number of carbonyl (C=O) groups excluding carboxylic acids is 2. The van der Waals surface area contributed by atoms with Crippen LogP contribution in [0.1, 0.15) is 103 Å². The highest BCUT2D eigenvalue weighted by Gasteiger charge is 2.18.